The molecule has 0 bridgehead atoms. The van der Waals surface area contributed by atoms with E-state index in [1.807, 2.05) is 11.3 Å². The maximum absolute atomic E-state index is 2.47. The van der Waals surface area contributed by atoms with Crippen LogP contribution in [0.1, 0.15) is 41.5 Å². The molecule has 2 aromatic heterocycles. The molecule has 0 amide bonds. The van der Waals surface area contributed by atoms with Gasteiger partial charge < -0.3 is 4.57 Å². The Kier molecular flexibility index (Phi) is 5.00. The second-order valence-electron chi connectivity index (χ2n) is 8.20. The summed E-state index contributed by atoms with van der Waals surface area (Å²) in [4.78, 5) is 1.51. The van der Waals surface area contributed by atoms with E-state index in [4.69, 9.17) is 0 Å². The fourth-order valence-corrected chi connectivity index (χ4v) is 14.1. The molecule has 0 N–H and O–H groups in total. The molecule has 0 atom stereocenters. The van der Waals surface area contributed by atoms with Gasteiger partial charge in [-0.05, 0) is 45.4 Å². The highest BCUT2D eigenvalue weighted by Gasteiger charge is 2.47. The Labute approximate surface area is 157 Å². The molecule has 3 rings (SSSR count). The molecule has 1 nitrogen and oxygen atoms in total. The molecule has 0 spiro atoms. The molecule has 2 heterocycles. The molecule has 3 aromatic rings. The maximum Gasteiger partial charge on any atom is 0.0970 e. The Morgan fingerprint density at radius 2 is 1.44 bits per heavy atom. The summed E-state index contributed by atoms with van der Waals surface area (Å²) < 4.78 is 3.72. The Morgan fingerprint density at radius 3 is 1.96 bits per heavy atom. The summed E-state index contributed by atoms with van der Waals surface area (Å²) in [5, 5.41) is 3.21. The van der Waals surface area contributed by atoms with Crippen molar-refractivity contribution in [1.82, 2.24) is 4.57 Å². The molecule has 0 saturated heterocycles. The van der Waals surface area contributed by atoms with Crippen molar-refractivity contribution in [2.24, 2.45) is 7.05 Å². The van der Waals surface area contributed by atoms with E-state index in [1.165, 1.54) is 20.7 Å². The minimum absolute atomic E-state index is 0.713. The molecule has 3 heteroatoms. The fourth-order valence-electron chi connectivity index (χ4n) is 5.22. The molecular formula is C22H31NSSi. The van der Waals surface area contributed by atoms with Gasteiger partial charge in [-0.3, -0.25) is 0 Å². The average molecular weight is 370 g/mol. The average Bonchev–Trinajstić information content (AvgIpc) is 3.11. The Hall–Kier alpha value is -1.32. The topological polar surface area (TPSA) is 4.93 Å². The Balaban J connectivity index is 2.46. The molecule has 0 aliphatic carbocycles. The molecule has 25 heavy (non-hydrogen) atoms. The highest BCUT2D eigenvalue weighted by molar-refractivity contribution is 7.25. The first kappa shape index (κ1) is 18.5. The second kappa shape index (κ2) is 6.77. The number of hydrogen-bond acceptors (Lipinski definition) is 1. The van der Waals surface area contributed by atoms with Gasteiger partial charge in [-0.25, -0.2) is 0 Å². The van der Waals surface area contributed by atoms with Crippen LogP contribution in [0.4, 0.5) is 0 Å². The summed E-state index contributed by atoms with van der Waals surface area (Å²) in [5.74, 6) is 0. The van der Waals surface area contributed by atoms with E-state index >= 15 is 0 Å². The van der Waals surface area contributed by atoms with Crippen molar-refractivity contribution in [3.05, 3.63) is 42.6 Å². The quantitative estimate of drug-likeness (QED) is 0.436. The molecule has 0 aliphatic rings. The number of rotatable bonds is 5. The summed E-state index contributed by atoms with van der Waals surface area (Å²) in [5.41, 5.74) is 3.51. The monoisotopic (exact) mass is 369 g/mol. The molecule has 0 aliphatic heterocycles. The summed E-state index contributed by atoms with van der Waals surface area (Å²) >= 11 is 1.99. The van der Waals surface area contributed by atoms with E-state index in [0.29, 0.717) is 16.6 Å². The lowest BCUT2D eigenvalue weighted by Crippen LogP contribution is -2.56. The number of fused-ring (bicyclic) bond motifs is 1. The summed E-state index contributed by atoms with van der Waals surface area (Å²) in [6, 6.07) is 13.5. The van der Waals surface area contributed by atoms with E-state index in [-0.39, 0.29) is 0 Å². The van der Waals surface area contributed by atoms with E-state index in [1.54, 1.807) is 5.19 Å². The van der Waals surface area contributed by atoms with Gasteiger partial charge in [0.25, 0.3) is 0 Å². The first-order valence-electron chi connectivity index (χ1n) is 9.45. The molecular weight excluding hydrogens is 338 g/mol. The smallest absolute Gasteiger partial charge is 0.0970 e. The third-order valence-corrected chi connectivity index (χ3v) is 14.6. The summed E-state index contributed by atoms with van der Waals surface area (Å²) in [7, 11) is 0.431. The van der Waals surface area contributed by atoms with E-state index in [9.17, 15) is 0 Å². The number of benzene rings is 1. The number of thiophene rings is 1. The molecule has 134 valence electrons. The minimum Gasteiger partial charge on any atom is -0.350 e. The third kappa shape index (κ3) is 2.72. The van der Waals surface area contributed by atoms with Gasteiger partial charge in [0.1, 0.15) is 0 Å². The van der Waals surface area contributed by atoms with Crippen molar-refractivity contribution in [3.8, 4) is 10.6 Å². The molecule has 0 saturated carbocycles. The van der Waals surface area contributed by atoms with Gasteiger partial charge >= 0.3 is 0 Å². The van der Waals surface area contributed by atoms with Crippen LogP contribution in [0.5, 0.6) is 0 Å². The van der Waals surface area contributed by atoms with Gasteiger partial charge in [0.2, 0.25) is 0 Å². The molecule has 0 radical (unpaired) electrons. The van der Waals surface area contributed by atoms with Crippen molar-refractivity contribution in [2.45, 2.75) is 58.2 Å². The number of aromatic nitrogens is 1. The molecule has 0 unspecified atom stereocenters. The van der Waals surface area contributed by atoms with Crippen LogP contribution >= 0.6 is 11.3 Å². The summed E-state index contributed by atoms with van der Waals surface area (Å²) in [6.07, 6.45) is 2.17. The lowest BCUT2D eigenvalue weighted by molar-refractivity contribution is 0.836. The van der Waals surface area contributed by atoms with Crippen molar-refractivity contribution >= 4 is 34.7 Å². The lowest BCUT2D eigenvalue weighted by atomic mass is 10.2. The zero-order valence-electron chi connectivity index (χ0n) is 16.6. The minimum atomic E-state index is -1.74. The predicted molar refractivity (Wildman–Crippen MR) is 117 cm³/mol. The highest BCUT2D eigenvalue weighted by Crippen LogP contribution is 2.46. The number of hydrogen-bond donors (Lipinski definition) is 0. The first-order valence-corrected chi connectivity index (χ1v) is 12.5. The highest BCUT2D eigenvalue weighted by atomic mass is 32.1. The van der Waals surface area contributed by atoms with Crippen LogP contribution in [-0.4, -0.2) is 12.6 Å². The molecule has 0 fully saturated rings. The fraction of sp³-hybridized carbons (Fsp3) is 0.455. The van der Waals surface area contributed by atoms with Gasteiger partial charge in [-0.1, -0.05) is 59.7 Å². The van der Waals surface area contributed by atoms with Crippen LogP contribution in [0.25, 0.3) is 20.7 Å². The largest absolute Gasteiger partial charge is 0.350 e. The zero-order chi connectivity index (χ0) is 18.4. The predicted octanol–water partition coefficient (Wildman–Crippen LogP) is 6.79. The van der Waals surface area contributed by atoms with Gasteiger partial charge in [0.15, 0.2) is 0 Å². The van der Waals surface area contributed by atoms with Crippen LogP contribution in [0.3, 0.4) is 0 Å². The van der Waals surface area contributed by atoms with Crippen molar-refractivity contribution in [3.63, 3.8) is 0 Å². The Morgan fingerprint density at radius 1 is 0.840 bits per heavy atom. The lowest BCUT2D eigenvalue weighted by Gasteiger charge is -2.44. The first-order chi connectivity index (χ1) is 11.8. The van der Waals surface area contributed by atoms with Crippen LogP contribution in [-0.2, 0) is 7.05 Å². The van der Waals surface area contributed by atoms with Crippen molar-refractivity contribution < 1.29 is 0 Å². The van der Waals surface area contributed by atoms with Crippen LogP contribution < -0.4 is 5.19 Å². The van der Waals surface area contributed by atoms with Gasteiger partial charge in [0, 0.05) is 17.9 Å². The van der Waals surface area contributed by atoms with Crippen LogP contribution in [0, 0.1) is 0 Å². The number of nitrogens with zero attached hydrogens (tertiary/aromatic N) is 1. The zero-order valence-corrected chi connectivity index (χ0v) is 18.4. The van der Waals surface area contributed by atoms with E-state index in [0.717, 1.165) is 0 Å². The molecule has 1 aromatic carbocycles. The van der Waals surface area contributed by atoms with Gasteiger partial charge in [0.05, 0.1) is 18.6 Å². The van der Waals surface area contributed by atoms with Crippen molar-refractivity contribution in [2.75, 3.05) is 0 Å². The number of aryl methyl sites for hydroxylation is 1. The second-order valence-corrected chi connectivity index (χ2v) is 15.1. The maximum atomic E-state index is 2.47. The standard InChI is InChI=1S/C22H31NSSi/c1-15(2)25(16(3)4,17(5)6)22-18-11-8-9-13-20(18)24-21(22)19-12-10-14-23(19)7/h8-17H,1-7H3. The van der Waals surface area contributed by atoms with E-state index in [2.05, 4.69) is 95.8 Å². The normalized spacial score (nSPS) is 12.9. The van der Waals surface area contributed by atoms with Crippen molar-refractivity contribution in [1.29, 1.82) is 0 Å². The third-order valence-electron chi connectivity index (χ3n) is 6.07. The van der Waals surface area contributed by atoms with Crippen LogP contribution in [0.2, 0.25) is 16.6 Å². The van der Waals surface area contributed by atoms with Gasteiger partial charge in [-0.2, -0.15) is 0 Å². The SMILES string of the molecule is CC(C)[Si](c1c(-c2cccn2C)sc2ccccc12)(C(C)C)C(C)C. The van der Waals surface area contributed by atoms with E-state index < -0.39 is 8.07 Å². The Bertz CT molecular complexity index is 847. The van der Waals surface area contributed by atoms with Gasteiger partial charge in [-0.15, -0.1) is 11.3 Å². The van der Waals surface area contributed by atoms with Crippen LogP contribution in [0.15, 0.2) is 42.6 Å². The summed E-state index contributed by atoms with van der Waals surface area (Å²) in [6.45, 7) is 14.8.